The molecule has 1 aliphatic rings. The van der Waals surface area contributed by atoms with Crippen molar-refractivity contribution in [1.29, 1.82) is 0 Å². The van der Waals surface area contributed by atoms with Crippen LogP contribution in [0.25, 0.3) is 11.1 Å². The SMILES string of the molecule is CCCCCCCCCCC(=O)NCCCC[C@H](CC(=O)OCC1c2ccccc2-c2ccccc21)C(=O)O. The number of benzene rings is 2. The van der Waals surface area contributed by atoms with Crippen molar-refractivity contribution in [3.8, 4) is 11.1 Å². The molecule has 0 saturated carbocycles. The minimum absolute atomic E-state index is 0.0426. The Labute approximate surface area is 233 Å². The Morgan fingerprint density at radius 1 is 0.821 bits per heavy atom. The van der Waals surface area contributed by atoms with Crippen molar-refractivity contribution in [2.45, 2.75) is 96.3 Å². The van der Waals surface area contributed by atoms with Crippen molar-refractivity contribution in [1.82, 2.24) is 5.32 Å². The summed E-state index contributed by atoms with van der Waals surface area (Å²) in [4.78, 5) is 36.4. The van der Waals surface area contributed by atoms with Crippen LogP contribution >= 0.6 is 0 Å². The number of carboxylic acids is 1. The van der Waals surface area contributed by atoms with Gasteiger partial charge >= 0.3 is 11.9 Å². The molecule has 0 unspecified atom stereocenters. The number of aliphatic carboxylic acids is 1. The second-order valence-corrected chi connectivity index (χ2v) is 10.7. The molecule has 1 aliphatic carbocycles. The molecule has 6 heteroatoms. The second kappa shape index (κ2) is 16.7. The molecule has 1 amide bonds. The molecule has 0 aliphatic heterocycles. The van der Waals surface area contributed by atoms with Gasteiger partial charge in [-0.25, -0.2) is 0 Å². The van der Waals surface area contributed by atoms with Crippen molar-refractivity contribution >= 4 is 17.8 Å². The van der Waals surface area contributed by atoms with Crippen LogP contribution in [0.5, 0.6) is 0 Å². The Kier molecular flexibility index (Phi) is 13.0. The highest BCUT2D eigenvalue weighted by atomic mass is 16.5. The van der Waals surface area contributed by atoms with E-state index in [0.29, 0.717) is 32.2 Å². The first-order chi connectivity index (χ1) is 19.0. The molecular weight excluding hydrogens is 490 g/mol. The van der Waals surface area contributed by atoms with Gasteiger partial charge in [-0.1, -0.05) is 107 Å². The lowest BCUT2D eigenvalue weighted by Crippen LogP contribution is -2.24. The molecule has 212 valence electrons. The molecule has 2 N–H and O–H groups in total. The highest BCUT2D eigenvalue weighted by molar-refractivity contribution is 5.80. The van der Waals surface area contributed by atoms with Gasteiger partial charge in [0.1, 0.15) is 6.61 Å². The van der Waals surface area contributed by atoms with Crippen molar-refractivity contribution in [2.75, 3.05) is 13.2 Å². The third kappa shape index (κ3) is 9.83. The molecule has 3 rings (SSSR count). The average Bonchev–Trinajstić information content (AvgIpc) is 3.26. The predicted octanol–water partition coefficient (Wildman–Crippen LogP) is 7.25. The maximum absolute atomic E-state index is 12.6. The van der Waals surface area contributed by atoms with E-state index in [9.17, 15) is 19.5 Å². The lowest BCUT2D eigenvalue weighted by molar-refractivity contribution is -0.152. The van der Waals surface area contributed by atoms with Crippen molar-refractivity contribution in [2.24, 2.45) is 5.92 Å². The Bertz CT molecular complexity index is 1020. The first kappa shape index (κ1) is 30.4. The number of carboxylic acid groups (broad SMARTS) is 1. The van der Waals surface area contributed by atoms with Gasteiger partial charge in [0.2, 0.25) is 5.91 Å². The van der Waals surface area contributed by atoms with E-state index in [1.165, 1.54) is 38.5 Å². The Hall–Kier alpha value is -3.15. The van der Waals surface area contributed by atoms with E-state index in [0.717, 1.165) is 35.1 Å². The summed E-state index contributed by atoms with van der Waals surface area (Å²) in [7, 11) is 0. The van der Waals surface area contributed by atoms with Crippen LogP contribution in [0.15, 0.2) is 48.5 Å². The summed E-state index contributed by atoms with van der Waals surface area (Å²) in [6, 6.07) is 16.3. The summed E-state index contributed by atoms with van der Waals surface area (Å²) < 4.78 is 5.60. The Morgan fingerprint density at radius 3 is 2.03 bits per heavy atom. The van der Waals surface area contributed by atoms with Crippen molar-refractivity contribution in [3.05, 3.63) is 59.7 Å². The first-order valence-electron chi connectivity index (χ1n) is 14.8. The van der Waals surface area contributed by atoms with E-state index in [-0.39, 0.29) is 24.9 Å². The van der Waals surface area contributed by atoms with Crippen LogP contribution in [0.1, 0.15) is 107 Å². The average molecular weight is 536 g/mol. The molecule has 2 aromatic carbocycles. The number of hydrogen-bond donors (Lipinski definition) is 2. The summed E-state index contributed by atoms with van der Waals surface area (Å²) in [5.74, 6) is -2.23. The molecule has 0 radical (unpaired) electrons. The van der Waals surface area contributed by atoms with Gasteiger partial charge < -0.3 is 15.2 Å². The molecule has 0 spiro atoms. The van der Waals surface area contributed by atoms with Crippen LogP contribution in [0, 0.1) is 5.92 Å². The maximum Gasteiger partial charge on any atom is 0.307 e. The van der Waals surface area contributed by atoms with Gasteiger partial charge in [0, 0.05) is 18.9 Å². The zero-order chi connectivity index (χ0) is 27.9. The van der Waals surface area contributed by atoms with Crippen molar-refractivity contribution < 1.29 is 24.2 Å². The number of esters is 1. The maximum atomic E-state index is 12.6. The molecule has 39 heavy (non-hydrogen) atoms. The van der Waals surface area contributed by atoms with Crippen LogP contribution in [-0.2, 0) is 19.1 Å². The van der Waals surface area contributed by atoms with E-state index in [2.05, 4.69) is 36.5 Å². The minimum Gasteiger partial charge on any atom is -0.481 e. The lowest BCUT2D eigenvalue weighted by Gasteiger charge is -2.16. The quantitative estimate of drug-likeness (QED) is 0.146. The molecule has 0 saturated heterocycles. The summed E-state index contributed by atoms with van der Waals surface area (Å²) in [6.07, 6.45) is 11.7. The lowest BCUT2D eigenvalue weighted by atomic mass is 9.97. The topological polar surface area (TPSA) is 92.7 Å². The van der Waals surface area contributed by atoms with Crippen LogP contribution in [0.2, 0.25) is 0 Å². The predicted molar refractivity (Wildman–Crippen MR) is 155 cm³/mol. The number of amides is 1. The third-order valence-electron chi connectivity index (χ3n) is 7.69. The van der Waals surface area contributed by atoms with Gasteiger partial charge in [0.25, 0.3) is 0 Å². The fraction of sp³-hybridized carbons (Fsp3) is 0.545. The Morgan fingerprint density at radius 2 is 1.41 bits per heavy atom. The zero-order valence-corrected chi connectivity index (χ0v) is 23.5. The molecular formula is C33H45NO5. The van der Waals surface area contributed by atoms with Gasteiger partial charge in [-0.2, -0.15) is 0 Å². The summed E-state index contributed by atoms with van der Waals surface area (Å²) in [5.41, 5.74) is 4.57. The highest BCUT2D eigenvalue weighted by Crippen LogP contribution is 2.44. The number of fused-ring (bicyclic) bond motifs is 3. The first-order valence-corrected chi connectivity index (χ1v) is 14.8. The number of unbranched alkanes of at least 4 members (excludes halogenated alkanes) is 8. The minimum atomic E-state index is -0.984. The smallest absolute Gasteiger partial charge is 0.307 e. The molecule has 0 fully saturated rings. The summed E-state index contributed by atoms with van der Waals surface area (Å²) >= 11 is 0. The molecule has 0 heterocycles. The van der Waals surface area contributed by atoms with Gasteiger partial charge in [-0.3, -0.25) is 14.4 Å². The molecule has 1 atom stereocenters. The Balaban J connectivity index is 1.30. The number of carbonyl (C=O) groups is 3. The van der Waals surface area contributed by atoms with E-state index in [1.54, 1.807) is 0 Å². The number of ether oxygens (including phenoxy) is 1. The van der Waals surface area contributed by atoms with E-state index in [4.69, 9.17) is 4.74 Å². The molecule has 0 bridgehead atoms. The molecule has 6 nitrogen and oxygen atoms in total. The zero-order valence-electron chi connectivity index (χ0n) is 23.5. The summed E-state index contributed by atoms with van der Waals surface area (Å²) in [6.45, 7) is 2.95. The van der Waals surface area contributed by atoms with Crippen LogP contribution in [-0.4, -0.2) is 36.1 Å². The number of nitrogens with one attached hydrogen (secondary N) is 1. The van der Waals surface area contributed by atoms with Gasteiger partial charge in [-0.05, 0) is 41.5 Å². The monoisotopic (exact) mass is 535 g/mol. The second-order valence-electron chi connectivity index (χ2n) is 10.7. The fourth-order valence-corrected chi connectivity index (χ4v) is 5.44. The summed E-state index contributed by atoms with van der Waals surface area (Å²) in [5, 5.41) is 12.6. The third-order valence-corrected chi connectivity index (χ3v) is 7.69. The van der Waals surface area contributed by atoms with E-state index >= 15 is 0 Å². The van der Waals surface area contributed by atoms with Crippen LogP contribution < -0.4 is 5.32 Å². The molecule has 2 aromatic rings. The number of carbonyl (C=O) groups excluding carboxylic acids is 2. The highest BCUT2D eigenvalue weighted by Gasteiger charge is 2.30. The van der Waals surface area contributed by atoms with Gasteiger partial charge in [-0.15, -0.1) is 0 Å². The van der Waals surface area contributed by atoms with E-state index < -0.39 is 17.9 Å². The fourth-order valence-electron chi connectivity index (χ4n) is 5.44. The standard InChI is InChI=1S/C33H45NO5/c1-2-3-4-5-6-7-8-9-21-31(35)34-22-15-14-16-25(33(37)38)23-32(36)39-24-30-28-19-12-10-17-26(28)27-18-11-13-20-29(27)30/h10-13,17-20,25,30H,2-9,14-16,21-24H2,1H3,(H,34,35)(H,37,38)/t25-/m1/s1. The number of hydrogen-bond acceptors (Lipinski definition) is 4. The van der Waals surface area contributed by atoms with Crippen molar-refractivity contribution in [3.63, 3.8) is 0 Å². The largest absolute Gasteiger partial charge is 0.481 e. The van der Waals surface area contributed by atoms with Crippen LogP contribution in [0.3, 0.4) is 0 Å². The van der Waals surface area contributed by atoms with Gasteiger partial charge in [0.05, 0.1) is 12.3 Å². The normalized spacial score (nSPS) is 12.9. The molecule has 0 aromatic heterocycles. The van der Waals surface area contributed by atoms with Gasteiger partial charge in [0.15, 0.2) is 0 Å². The van der Waals surface area contributed by atoms with E-state index in [1.807, 2.05) is 24.3 Å². The number of rotatable bonds is 19. The van der Waals surface area contributed by atoms with Crippen LogP contribution in [0.4, 0.5) is 0 Å².